The van der Waals surface area contributed by atoms with Crippen LogP contribution in [0.15, 0.2) is 30.7 Å². The molecular formula is C21H28N6O. The molecule has 2 fully saturated rings. The quantitative estimate of drug-likeness (QED) is 0.846. The zero-order valence-corrected chi connectivity index (χ0v) is 16.6. The molecule has 2 aliphatic rings. The summed E-state index contributed by atoms with van der Waals surface area (Å²) in [6, 6.07) is 4.22. The van der Waals surface area contributed by atoms with E-state index in [0.29, 0.717) is 35.0 Å². The van der Waals surface area contributed by atoms with E-state index in [4.69, 9.17) is 0 Å². The van der Waals surface area contributed by atoms with Gasteiger partial charge in [0, 0.05) is 49.8 Å². The number of hydrogen-bond donors (Lipinski definition) is 2. The van der Waals surface area contributed by atoms with Crippen LogP contribution in [0.5, 0.6) is 0 Å². The number of amides is 1. The normalized spacial score (nSPS) is 25.1. The van der Waals surface area contributed by atoms with Crippen molar-refractivity contribution in [2.45, 2.75) is 39.2 Å². The first-order valence-corrected chi connectivity index (χ1v) is 10.2. The number of hydrogen-bond acceptors (Lipinski definition) is 6. The van der Waals surface area contributed by atoms with E-state index in [1.54, 1.807) is 18.6 Å². The molecule has 3 unspecified atom stereocenters. The lowest BCUT2D eigenvalue weighted by Crippen LogP contribution is -2.48. The Kier molecular flexibility index (Phi) is 5.64. The van der Waals surface area contributed by atoms with Gasteiger partial charge in [0.2, 0.25) is 0 Å². The highest BCUT2D eigenvalue weighted by molar-refractivity contribution is 5.95. The van der Waals surface area contributed by atoms with Crippen molar-refractivity contribution < 1.29 is 4.79 Å². The van der Waals surface area contributed by atoms with Crippen LogP contribution in [0, 0.1) is 18.8 Å². The highest BCUT2D eigenvalue weighted by Crippen LogP contribution is 2.28. The van der Waals surface area contributed by atoms with E-state index in [-0.39, 0.29) is 5.91 Å². The maximum absolute atomic E-state index is 13.2. The summed E-state index contributed by atoms with van der Waals surface area (Å²) < 4.78 is 0. The lowest BCUT2D eigenvalue weighted by Gasteiger charge is -2.37. The molecule has 2 aliphatic heterocycles. The Morgan fingerprint density at radius 2 is 2.25 bits per heavy atom. The molecule has 0 radical (unpaired) electrons. The lowest BCUT2D eigenvalue weighted by molar-refractivity contribution is 0.0633. The topological polar surface area (TPSA) is 83.0 Å². The molecule has 2 aromatic heterocycles. The van der Waals surface area contributed by atoms with Gasteiger partial charge in [-0.15, -0.1) is 0 Å². The molecule has 148 valence electrons. The third kappa shape index (κ3) is 3.77. The summed E-state index contributed by atoms with van der Waals surface area (Å²) >= 11 is 0. The Labute approximate surface area is 166 Å². The molecule has 2 N–H and O–H groups in total. The number of hydrazine groups is 1. The Bertz CT molecular complexity index is 827. The van der Waals surface area contributed by atoms with Crippen molar-refractivity contribution in [2.24, 2.45) is 11.8 Å². The molecule has 0 aliphatic carbocycles. The number of aromatic nitrogens is 3. The van der Waals surface area contributed by atoms with Gasteiger partial charge in [0.25, 0.3) is 5.91 Å². The van der Waals surface area contributed by atoms with Crippen LogP contribution < -0.4 is 10.9 Å². The molecule has 0 saturated carbocycles. The average Bonchev–Trinajstić information content (AvgIpc) is 3.23. The van der Waals surface area contributed by atoms with Gasteiger partial charge in [-0.2, -0.15) is 0 Å². The maximum atomic E-state index is 13.2. The van der Waals surface area contributed by atoms with Gasteiger partial charge in [0.05, 0.1) is 11.3 Å². The fraction of sp³-hybridized carbons (Fsp3) is 0.524. The summed E-state index contributed by atoms with van der Waals surface area (Å²) in [5.74, 6) is 1.75. The average molecular weight is 380 g/mol. The van der Waals surface area contributed by atoms with Crippen molar-refractivity contribution in [3.05, 3.63) is 42.0 Å². The minimum Gasteiger partial charge on any atom is -0.338 e. The number of nitrogens with zero attached hydrogens (tertiary/aromatic N) is 4. The third-order valence-electron chi connectivity index (χ3n) is 6.05. The summed E-state index contributed by atoms with van der Waals surface area (Å²) in [6.07, 6.45) is 8.48. The van der Waals surface area contributed by atoms with Crippen LogP contribution >= 0.6 is 0 Å². The number of nitrogens with one attached hydrogen (secondary N) is 2. The predicted octanol–water partition coefficient (Wildman–Crippen LogP) is 2.20. The number of piperidine rings is 1. The van der Waals surface area contributed by atoms with Crippen molar-refractivity contribution in [3.63, 3.8) is 0 Å². The van der Waals surface area contributed by atoms with Crippen LogP contribution in [0.4, 0.5) is 0 Å². The molecule has 7 heteroatoms. The van der Waals surface area contributed by atoms with Gasteiger partial charge in [-0.25, -0.2) is 9.97 Å². The lowest BCUT2D eigenvalue weighted by atomic mass is 9.83. The zero-order valence-electron chi connectivity index (χ0n) is 16.6. The summed E-state index contributed by atoms with van der Waals surface area (Å²) in [5.41, 5.74) is 8.91. The number of rotatable bonds is 4. The van der Waals surface area contributed by atoms with Crippen LogP contribution in [0.1, 0.15) is 42.2 Å². The smallest absolute Gasteiger partial charge is 0.257 e. The Hall–Kier alpha value is -2.38. The number of aryl methyl sites for hydroxylation is 1. The molecule has 7 nitrogen and oxygen atoms in total. The molecule has 3 atom stereocenters. The number of pyridine rings is 1. The summed E-state index contributed by atoms with van der Waals surface area (Å²) in [5, 5.41) is 0. The summed E-state index contributed by atoms with van der Waals surface area (Å²) in [7, 11) is 0. The number of carbonyl (C=O) groups is 1. The summed E-state index contributed by atoms with van der Waals surface area (Å²) in [4.78, 5) is 28.3. The molecule has 1 amide bonds. The standard InChI is InChI=1S/C21H28N6O/c1-3-15-11-24-26-19(15)17-7-5-9-27(13-17)21(28)18-12-23-20(25-14(18)2)16-6-4-8-22-10-16/h4,6,8,10,12,15,17,19,24,26H,3,5,7,9,11,13H2,1-2H3. The Balaban J connectivity index is 1.49. The fourth-order valence-electron chi connectivity index (χ4n) is 4.42. The maximum Gasteiger partial charge on any atom is 0.257 e. The van der Waals surface area contributed by atoms with E-state index in [2.05, 4.69) is 32.7 Å². The molecule has 4 heterocycles. The van der Waals surface area contributed by atoms with Crippen LogP contribution in [0.3, 0.4) is 0 Å². The zero-order chi connectivity index (χ0) is 19.5. The highest BCUT2D eigenvalue weighted by Gasteiger charge is 2.36. The number of likely N-dealkylation sites (tertiary alicyclic amines) is 1. The van der Waals surface area contributed by atoms with E-state index in [0.717, 1.165) is 44.5 Å². The molecule has 2 saturated heterocycles. The highest BCUT2D eigenvalue weighted by atomic mass is 16.2. The van der Waals surface area contributed by atoms with Gasteiger partial charge in [-0.05, 0) is 43.7 Å². The van der Waals surface area contributed by atoms with E-state index < -0.39 is 0 Å². The second-order valence-electron chi connectivity index (χ2n) is 7.81. The van der Waals surface area contributed by atoms with Crippen molar-refractivity contribution in [3.8, 4) is 11.4 Å². The first kappa shape index (κ1) is 19.0. The summed E-state index contributed by atoms with van der Waals surface area (Å²) in [6.45, 7) is 6.72. The Morgan fingerprint density at radius 1 is 1.36 bits per heavy atom. The molecular weight excluding hydrogens is 352 g/mol. The first-order valence-electron chi connectivity index (χ1n) is 10.2. The van der Waals surface area contributed by atoms with Crippen LogP contribution in [0.2, 0.25) is 0 Å². The molecule has 0 bridgehead atoms. The molecule has 28 heavy (non-hydrogen) atoms. The van der Waals surface area contributed by atoms with Gasteiger partial charge >= 0.3 is 0 Å². The van der Waals surface area contributed by atoms with Gasteiger partial charge in [0.1, 0.15) is 0 Å². The van der Waals surface area contributed by atoms with Crippen molar-refractivity contribution in [1.82, 2.24) is 30.7 Å². The SMILES string of the molecule is CCC1CNNC1C1CCCN(C(=O)c2cnc(-c3cccnc3)nc2C)C1. The van der Waals surface area contributed by atoms with Gasteiger partial charge in [0.15, 0.2) is 5.82 Å². The predicted molar refractivity (Wildman–Crippen MR) is 107 cm³/mol. The van der Waals surface area contributed by atoms with Crippen molar-refractivity contribution in [2.75, 3.05) is 19.6 Å². The molecule has 0 spiro atoms. The van der Waals surface area contributed by atoms with E-state index in [1.165, 1.54) is 0 Å². The monoisotopic (exact) mass is 380 g/mol. The van der Waals surface area contributed by atoms with E-state index >= 15 is 0 Å². The minimum absolute atomic E-state index is 0.0407. The first-order chi connectivity index (χ1) is 13.7. The minimum atomic E-state index is 0.0407. The van der Waals surface area contributed by atoms with Gasteiger partial charge < -0.3 is 4.90 Å². The second-order valence-corrected chi connectivity index (χ2v) is 7.81. The van der Waals surface area contributed by atoms with Crippen LogP contribution in [0.25, 0.3) is 11.4 Å². The largest absolute Gasteiger partial charge is 0.338 e. The van der Waals surface area contributed by atoms with E-state index in [9.17, 15) is 4.79 Å². The van der Waals surface area contributed by atoms with Gasteiger partial charge in [-0.1, -0.05) is 13.3 Å². The molecule has 4 rings (SSSR count). The fourth-order valence-corrected chi connectivity index (χ4v) is 4.42. The van der Waals surface area contributed by atoms with Crippen LogP contribution in [-0.2, 0) is 0 Å². The van der Waals surface area contributed by atoms with Crippen molar-refractivity contribution in [1.29, 1.82) is 0 Å². The van der Waals surface area contributed by atoms with Crippen LogP contribution in [-0.4, -0.2) is 51.4 Å². The molecule has 2 aromatic rings. The molecule has 0 aromatic carbocycles. The third-order valence-corrected chi connectivity index (χ3v) is 6.05. The van der Waals surface area contributed by atoms with Gasteiger partial charge in [-0.3, -0.25) is 20.6 Å². The number of carbonyl (C=O) groups excluding carboxylic acids is 1. The van der Waals surface area contributed by atoms with E-state index in [1.807, 2.05) is 24.0 Å². The Morgan fingerprint density at radius 3 is 3.00 bits per heavy atom. The van der Waals surface area contributed by atoms with Crippen molar-refractivity contribution >= 4 is 5.91 Å². The second kappa shape index (κ2) is 8.32.